The van der Waals surface area contributed by atoms with Gasteiger partial charge in [-0.3, -0.25) is 20.2 Å². The minimum Gasteiger partial charge on any atom is -0.744 e. The normalized spacial score (nSPS) is 11.5. The molecular weight excluding hydrogens is 873 g/mol. The molecule has 0 aliphatic rings. The number of non-ortho nitro benzene ring substituents is 2. The Bertz CT molecular complexity index is 2380. The molecule has 0 unspecified atom stereocenters. The van der Waals surface area contributed by atoms with E-state index in [4.69, 9.17) is 9.47 Å². The van der Waals surface area contributed by atoms with Crippen LogP contribution in [0.2, 0.25) is 0 Å². The van der Waals surface area contributed by atoms with Crippen LogP contribution in [0.4, 0.5) is 11.4 Å². The smallest absolute Gasteiger partial charge is 0.338 e. The number of ether oxygens (including phenoxy) is 2. The van der Waals surface area contributed by atoms with Crippen LogP contribution < -0.4 is 0 Å². The highest BCUT2D eigenvalue weighted by Gasteiger charge is 2.19. The Balaban J connectivity index is 0.000000338. The molecule has 0 saturated carbocycles. The molecule has 0 amide bonds. The zero-order valence-electron chi connectivity index (χ0n) is 35.7. The maximum Gasteiger partial charge on any atom is 0.338 e. The second-order valence-electron chi connectivity index (χ2n) is 15.6. The lowest BCUT2D eigenvalue weighted by Gasteiger charge is -2.31. The first-order chi connectivity index (χ1) is 30.0. The highest BCUT2D eigenvalue weighted by atomic mass is 32.2. The van der Waals surface area contributed by atoms with Gasteiger partial charge in [-0.1, -0.05) is 72.8 Å². The third kappa shape index (κ3) is 18.9. The highest BCUT2D eigenvalue weighted by molar-refractivity contribution is 7.86. The molecule has 0 aliphatic heterocycles. The monoisotopic (exact) mass is 922 g/mol. The van der Waals surface area contributed by atoms with Crippen molar-refractivity contribution in [3.8, 4) is 0 Å². The van der Waals surface area contributed by atoms with Crippen molar-refractivity contribution < 1.29 is 63.8 Å². The second-order valence-corrected chi connectivity index (χ2v) is 18.3. The number of hydrogen-bond acceptors (Lipinski definition) is 14. The number of quaternary nitrogens is 2. The van der Waals surface area contributed by atoms with Gasteiger partial charge in [-0.05, 0) is 36.4 Å². The molecule has 5 aromatic rings. The maximum absolute atomic E-state index is 12.1. The van der Waals surface area contributed by atoms with Crippen molar-refractivity contribution in [1.82, 2.24) is 0 Å². The lowest BCUT2D eigenvalue weighted by atomic mass is 10.1. The molecule has 0 atom stereocenters. The van der Waals surface area contributed by atoms with Gasteiger partial charge in [-0.2, -0.15) is 0 Å². The molecule has 0 spiro atoms. The third-order valence-corrected chi connectivity index (χ3v) is 10.8. The van der Waals surface area contributed by atoms with Crippen LogP contribution in [0.15, 0.2) is 143 Å². The fourth-order valence-corrected chi connectivity index (χ4v) is 7.05. The van der Waals surface area contributed by atoms with Crippen LogP contribution in [0.25, 0.3) is 0 Å². The Morgan fingerprint density at radius 3 is 1.14 bits per heavy atom. The summed E-state index contributed by atoms with van der Waals surface area (Å²) in [5.41, 5.74) is 2.93. The summed E-state index contributed by atoms with van der Waals surface area (Å²) in [5, 5.41) is 20.4. The van der Waals surface area contributed by atoms with Crippen LogP contribution in [-0.4, -0.2) is 111 Å². The zero-order valence-corrected chi connectivity index (χ0v) is 37.3. The summed E-state index contributed by atoms with van der Waals surface area (Å²) in [6, 6.07) is 35.1. The van der Waals surface area contributed by atoms with Gasteiger partial charge >= 0.3 is 11.9 Å². The molecule has 0 radical (unpaired) electrons. The first-order valence-corrected chi connectivity index (χ1v) is 22.3. The minimum absolute atomic E-state index is 0.263. The van der Waals surface area contributed by atoms with Gasteiger partial charge in [0, 0.05) is 48.2 Å². The van der Waals surface area contributed by atoms with Crippen molar-refractivity contribution in [3.63, 3.8) is 0 Å². The number of nitro benzene ring substituents is 2. The third-order valence-electron chi connectivity index (χ3n) is 9.18. The van der Waals surface area contributed by atoms with Gasteiger partial charge in [0.2, 0.25) is 0 Å². The average Bonchev–Trinajstić information content (AvgIpc) is 3.25. The Morgan fingerprint density at radius 2 is 0.844 bits per heavy atom. The summed E-state index contributed by atoms with van der Waals surface area (Å²) < 4.78 is 75.1. The topological polar surface area (TPSA) is 253 Å². The van der Waals surface area contributed by atoms with Crippen molar-refractivity contribution in [2.45, 2.75) is 35.7 Å². The fraction of sp³-hybridized carbons (Fsp3) is 0.273. The number of benzene rings is 5. The quantitative estimate of drug-likeness (QED) is 0.0233. The van der Waals surface area contributed by atoms with E-state index in [1.807, 2.05) is 36.4 Å². The molecule has 0 heterocycles. The van der Waals surface area contributed by atoms with Crippen molar-refractivity contribution in [2.24, 2.45) is 0 Å². The molecule has 20 heteroatoms. The molecule has 5 rings (SSSR count). The van der Waals surface area contributed by atoms with Gasteiger partial charge in [0.25, 0.3) is 11.4 Å². The molecule has 0 saturated heterocycles. The number of nitrogens with zero attached hydrogens (tertiary/aromatic N) is 4. The number of nitro groups is 2. The van der Waals surface area contributed by atoms with Crippen LogP contribution in [0.5, 0.6) is 0 Å². The Hall–Kier alpha value is -6.42. The van der Waals surface area contributed by atoms with Crippen LogP contribution in [0, 0.1) is 20.2 Å². The minimum atomic E-state index is -4.61. The maximum atomic E-state index is 12.1. The van der Waals surface area contributed by atoms with E-state index in [0.717, 1.165) is 96.5 Å². The van der Waals surface area contributed by atoms with Crippen LogP contribution in [0.3, 0.4) is 0 Å². The van der Waals surface area contributed by atoms with Gasteiger partial charge in [0.15, 0.2) is 0 Å². The molecule has 342 valence electrons. The zero-order chi connectivity index (χ0) is 47.6. The van der Waals surface area contributed by atoms with E-state index >= 15 is 0 Å². The first kappa shape index (κ1) is 51.9. The van der Waals surface area contributed by atoms with Gasteiger partial charge in [0.05, 0.1) is 85.3 Å². The van der Waals surface area contributed by atoms with Crippen LogP contribution >= 0.6 is 0 Å². The number of esters is 2. The van der Waals surface area contributed by atoms with E-state index in [1.165, 1.54) is 11.1 Å². The molecular formula is C44H50N4O14S2. The average molecular weight is 923 g/mol. The number of carbonyl (C=O) groups is 2. The van der Waals surface area contributed by atoms with Gasteiger partial charge in [-0.25, -0.2) is 26.4 Å². The number of hydrogen-bond donors (Lipinski definition) is 0. The lowest BCUT2D eigenvalue weighted by Crippen LogP contribution is -2.40. The van der Waals surface area contributed by atoms with Crippen molar-refractivity contribution in [3.05, 3.63) is 176 Å². The Kier molecular flexibility index (Phi) is 19.4. The van der Waals surface area contributed by atoms with Crippen LogP contribution in [-0.2, 0) is 42.8 Å². The van der Waals surface area contributed by atoms with E-state index in [1.54, 1.807) is 24.3 Å². The van der Waals surface area contributed by atoms with E-state index in [2.05, 4.69) is 52.5 Å². The summed E-state index contributed by atoms with van der Waals surface area (Å²) in [6.07, 6.45) is 1.63. The summed E-state index contributed by atoms with van der Waals surface area (Å²) in [4.78, 5) is 41.8. The Morgan fingerprint density at radius 1 is 0.516 bits per heavy atom. The van der Waals surface area contributed by atoms with Gasteiger partial charge < -0.3 is 27.5 Å². The summed E-state index contributed by atoms with van der Waals surface area (Å²) >= 11 is 0. The summed E-state index contributed by atoms with van der Waals surface area (Å²) in [6.45, 7) is 4.51. The SMILES string of the molecule is C[N+](C)(CCCOC(=O)c1ccccc1)Cc1ccc(C[N+](C)(C)CCCOC(=O)c2ccccc2)cc1.O=[N+]([O-])c1cccc(S(=O)(=O)[O-])c1.O=[N+]([O-])c1cccc(S(=O)(=O)[O-])c1. The number of carbonyl (C=O) groups excluding carboxylic acids is 2. The number of rotatable bonds is 18. The summed E-state index contributed by atoms with van der Waals surface area (Å²) in [7, 11) is -0.403. The van der Waals surface area contributed by atoms with E-state index in [-0.39, 0.29) is 11.9 Å². The first-order valence-electron chi connectivity index (χ1n) is 19.5. The van der Waals surface area contributed by atoms with Crippen molar-refractivity contribution in [2.75, 3.05) is 54.5 Å². The fourth-order valence-electron chi connectivity index (χ4n) is 6.03. The molecule has 0 aliphatic carbocycles. The highest BCUT2D eigenvalue weighted by Crippen LogP contribution is 2.19. The predicted molar refractivity (Wildman–Crippen MR) is 233 cm³/mol. The molecule has 0 N–H and O–H groups in total. The Labute approximate surface area is 372 Å². The van der Waals surface area contributed by atoms with E-state index < -0.39 is 51.2 Å². The predicted octanol–water partition coefficient (Wildman–Crippen LogP) is 6.33. The summed E-state index contributed by atoms with van der Waals surface area (Å²) in [5.74, 6) is -0.526. The second kappa shape index (κ2) is 23.9. The van der Waals surface area contributed by atoms with Gasteiger partial charge in [-0.15, -0.1) is 0 Å². The molecule has 0 bridgehead atoms. The molecule has 64 heavy (non-hydrogen) atoms. The van der Waals surface area contributed by atoms with E-state index in [9.17, 15) is 55.8 Å². The van der Waals surface area contributed by atoms with Crippen molar-refractivity contribution in [1.29, 1.82) is 0 Å². The molecule has 0 aromatic heterocycles. The van der Waals surface area contributed by atoms with E-state index in [0.29, 0.717) is 24.3 Å². The molecule has 5 aromatic carbocycles. The van der Waals surface area contributed by atoms with Crippen molar-refractivity contribution >= 4 is 43.5 Å². The molecule has 0 fully saturated rings. The largest absolute Gasteiger partial charge is 0.744 e. The van der Waals surface area contributed by atoms with Crippen LogP contribution in [0.1, 0.15) is 44.7 Å². The lowest BCUT2D eigenvalue weighted by molar-refractivity contribution is -0.904. The van der Waals surface area contributed by atoms with Gasteiger partial charge in [0.1, 0.15) is 33.3 Å². The standard InChI is InChI=1S/C32H42N2O4.2C6H5NO5S/c1-33(2,21-11-23-37-31(35)29-13-7-5-8-14-29)25-27-17-19-28(20-18-27)26-34(3,4)22-12-24-38-32(36)30-15-9-6-10-16-30;2*8-7(9)5-2-1-3-6(4-5)13(10,11)12/h5-10,13-20H,11-12,21-26H2,1-4H3;2*1-4H,(H,10,11,12)/q+2;;/p-2. The molecule has 18 nitrogen and oxygen atoms in total.